The van der Waals surface area contributed by atoms with Gasteiger partial charge >= 0.3 is 6.09 Å². The number of benzene rings is 2. The molecule has 1 heterocycles. The lowest BCUT2D eigenvalue weighted by atomic mass is 10.0. The third-order valence-corrected chi connectivity index (χ3v) is 5.07. The van der Waals surface area contributed by atoms with Gasteiger partial charge < -0.3 is 19.3 Å². The van der Waals surface area contributed by atoms with Crippen LogP contribution in [-0.2, 0) is 9.47 Å². The first-order chi connectivity index (χ1) is 13.8. The van der Waals surface area contributed by atoms with Gasteiger partial charge in [0.25, 0.3) is 5.91 Å². The molecule has 0 radical (unpaired) electrons. The number of hydrogen-bond acceptors (Lipinski definition) is 4. The summed E-state index contributed by atoms with van der Waals surface area (Å²) in [6.45, 7) is 7.47. The Morgan fingerprint density at radius 2 is 1.79 bits per heavy atom. The van der Waals surface area contributed by atoms with Crippen molar-refractivity contribution >= 4 is 22.8 Å². The summed E-state index contributed by atoms with van der Waals surface area (Å²) in [4.78, 5) is 29.5. The summed E-state index contributed by atoms with van der Waals surface area (Å²) >= 11 is 0. The number of piperazine rings is 1. The van der Waals surface area contributed by atoms with E-state index in [1.54, 1.807) is 12.0 Å². The van der Waals surface area contributed by atoms with Crippen LogP contribution in [0.5, 0.6) is 0 Å². The first-order valence-corrected chi connectivity index (χ1v) is 10.1. The van der Waals surface area contributed by atoms with Crippen LogP contribution in [0.25, 0.3) is 10.8 Å². The van der Waals surface area contributed by atoms with Crippen LogP contribution >= 0.6 is 0 Å². The maximum atomic E-state index is 13.3. The molecule has 0 bridgehead atoms. The Hall–Kier alpha value is -2.60. The zero-order valence-corrected chi connectivity index (χ0v) is 17.7. The molecule has 3 rings (SSSR count). The molecule has 29 heavy (non-hydrogen) atoms. The van der Waals surface area contributed by atoms with E-state index >= 15 is 0 Å². The lowest BCUT2D eigenvalue weighted by Gasteiger charge is -2.41. The molecule has 0 spiro atoms. The third kappa shape index (κ3) is 5.07. The molecule has 1 atom stereocenters. The summed E-state index contributed by atoms with van der Waals surface area (Å²) in [5.74, 6) is -0.00643. The first-order valence-electron chi connectivity index (χ1n) is 10.1. The minimum Gasteiger partial charge on any atom is -0.444 e. The number of carbonyl (C=O) groups excluding carboxylic acids is 2. The number of fused-ring (bicyclic) bond motifs is 1. The number of amides is 2. The second-order valence-electron chi connectivity index (χ2n) is 8.39. The summed E-state index contributed by atoms with van der Waals surface area (Å²) in [5, 5.41) is 1.99. The van der Waals surface area contributed by atoms with Gasteiger partial charge in [0.15, 0.2) is 0 Å². The second kappa shape index (κ2) is 8.82. The highest BCUT2D eigenvalue weighted by Crippen LogP contribution is 2.23. The molecule has 2 amide bonds. The average molecular weight is 399 g/mol. The number of rotatable bonds is 4. The van der Waals surface area contributed by atoms with Crippen molar-refractivity contribution in [3.8, 4) is 0 Å². The van der Waals surface area contributed by atoms with Gasteiger partial charge in [-0.25, -0.2) is 4.79 Å². The van der Waals surface area contributed by atoms with E-state index in [-0.39, 0.29) is 18.0 Å². The average Bonchev–Trinajstić information content (AvgIpc) is 2.69. The first kappa shape index (κ1) is 21.1. The SMILES string of the molecule is COCCC1CN(C(=O)c2cccc3ccccc23)CCN1C(=O)OC(C)(C)C. The molecular formula is C23H30N2O4. The maximum absolute atomic E-state index is 13.3. The van der Waals surface area contributed by atoms with Gasteiger partial charge in [-0.3, -0.25) is 4.79 Å². The molecule has 1 saturated heterocycles. The summed E-state index contributed by atoms with van der Waals surface area (Å²) < 4.78 is 10.8. The largest absolute Gasteiger partial charge is 0.444 e. The number of ether oxygens (including phenoxy) is 2. The minimum atomic E-state index is -0.557. The van der Waals surface area contributed by atoms with Crippen LogP contribution < -0.4 is 0 Å². The predicted octanol–water partition coefficient (Wildman–Crippen LogP) is 3.94. The van der Waals surface area contributed by atoms with Crippen molar-refractivity contribution in [3.05, 3.63) is 48.0 Å². The molecule has 0 saturated carbocycles. The Morgan fingerprint density at radius 1 is 1.07 bits per heavy atom. The Kier molecular flexibility index (Phi) is 6.42. The Balaban J connectivity index is 1.79. The fourth-order valence-corrected chi connectivity index (χ4v) is 3.68. The van der Waals surface area contributed by atoms with Gasteiger partial charge in [-0.1, -0.05) is 36.4 Å². The van der Waals surface area contributed by atoms with Crippen molar-refractivity contribution in [3.63, 3.8) is 0 Å². The highest BCUT2D eigenvalue weighted by molar-refractivity contribution is 6.07. The van der Waals surface area contributed by atoms with Crippen molar-refractivity contribution in [1.29, 1.82) is 0 Å². The van der Waals surface area contributed by atoms with E-state index < -0.39 is 5.60 Å². The van der Waals surface area contributed by atoms with Gasteiger partial charge in [0, 0.05) is 38.9 Å². The predicted molar refractivity (Wildman–Crippen MR) is 113 cm³/mol. The summed E-state index contributed by atoms with van der Waals surface area (Å²) in [6.07, 6.45) is 0.311. The quantitative estimate of drug-likeness (QED) is 0.783. The fourth-order valence-electron chi connectivity index (χ4n) is 3.68. The van der Waals surface area contributed by atoms with Gasteiger partial charge in [0.05, 0.1) is 6.04 Å². The van der Waals surface area contributed by atoms with Crippen molar-refractivity contribution in [2.24, 2.45) is 0 Å². The van der Waals surface area contributed by atoms with E-state index in [0.29, 0.717) is 38.2 Å². The minimum absolute atomic E-state index is 0.00643. The van der Waals surface area contributed by atoms with Crippen molar-refractivity contribution in [2.75, 3.05) is 33.4 Å². The van der Waals surface area contributed by atoms with E-state index in [0.717, 1.165) is 10.8 Å². The Bertz CT molecular complexity index is 869. The van der Waals surface area contributed by atoms with Gasteiger partial charge in [0.2, 0.25) is 0 Å². The van der Waals surface area contributed by atoms with Crippen LogP contribution in [0.15, 0.2) is 42.5 Å². The third-order valence-electron chi connectivity index (χ3n) is 5.07. The van der Waals surface area contributed by atoms with E-state index in [1.807, 2.05) is 68.1 Å². The van der Waals surface area contributed by atoms with Gasteiger partial charge in [-0.15, -0.1) is 0 Å². The summed E-state index contributed by atoms with van der Waals surface area (Å²) in [7, 11) is 1.64. The smallest absolute Gasteiger partial charge is 0.410 e. The second-order valence-corrected chi connectivity index (χ2v) is 8.39. The molecule has 1 unspecified atom stereocenters. The molecular weight excluding hydrogens is 368 g/mol. The van der Waals surface area contributed by atoms with Crippen LogP contribution in [0.1, 0.15) is 37.6 Å². The molecule has 1 fully saturated rings. The molecule has 0 aliphatic carbocycles. The normalized spacial score (nSPS) is 17.4. The molecule has 0 aromatic heterocycles. The fraction of sp³-hybridized carbons (Fsp3) is 0.478. The van der Waals surface area contributed by atoms with Gasteiger partial charge in [-0.05, 0) is 44.0 Å². The van der Waals surface area contributed by atoms with Crippen molar-refractivity contribution < 1.29 is 19.1 Å². The van der Waals surface area contributed by atoms with E-state index in [9.17, 15) is 9.59 Å². The Labute approximate surface area is 172 Å². The zero-order chi connectivity index (χ0) is 21.0. The molecule has 6 nitrogen and oxygen atoms in total. The van der Waals surface area contributed by atoms with Crippen LogP contribution in [0.4, 0.5) is 4.79 Å². The van der Waals surface area contributed by atoms with E-state index in [4.69, 9.17) is 9.47 Å². The molecule has 6 heteroatoms. The van der Waals surface area contributed by atoms with E-state index in [1.165, 1.54) is 0 Å². The van der Waals surface area contributed by atoms with Crippen molar-refractivity contribution in [2.45, 2.75) is 38.8 Å². The lowest BCUT2D eigenvalue weighted by molar-refractivity contribution is -0.00516. The van der Waals surface area contributed by atoms with Crippen LogP contribution in [-0.4, -0.2) is 66.8 Å². The summed E-state index contributed by atoms with van der Waals surface area (Å²) in [5.41, 5.74) is 0.137. The molecule has 2 aromatic rings. The molecule has 156 valence electrons. The standard InChI is InChI=1S/C23H30N2O4/c1-23(2,3)29-22(27)25-14-13-24(16-18(25)12-15-28-4)21(26)20-11-7-9-17-8-5-6-10-19(17)20/h5-11,18H,12-16H2,1-4H3. The van der Waals surface area contributed by atoms with Crippen LogP contribution in [0.2, 0.25) is 0 Å². The number of carbonyl (C=O) groups is 2. The zero-order valence-electron chi connectivity index (χ0n) is 17.7. The molecule has 1 aliphatic heterocycles. The lowest BCUT2D eigenvalue weighted by Crippen LogP contribution is -2.57. The highest BCUT2D eigenvalue weighted by atomic mass is 16.6. The highest BCUT2D eigenvalue weighted by Gasteiger charge is 2.35. The summed E-state index contributed by atoms with van der Waals surface area (Å²) in [6, 6.07) is 13.5. The number of methoxy groups -OCH3 is 1. The van der Waals surface area contributed by atoms with Gasteiger partial charge in [-0.2, -0.15) is 0 Å². The maximum Gasteiger partial charge on any atom is 0.410 e. The number of hydrogen-bond donors (Lipinski definition) is 0. The molecule has 1 aliphatic rings. The van der Waals surface area contributed by atoms with Crippen LogP contribution in [0, 0.1) is 0 Å². The molecule has 0 N–H and O–H groups in total. The van der Waals surface area contributed by atoms with E-state index in [2.05, 4.69) is 0 Å². The topological polar surface area (TPSA) is 59.1 Å². The van der Waals surface area contributed by atoms with Gasteiger partial charge in [0.1, 0.15) is 5.60 Å². The van der Waals surface area contributed by atoms with Crippen molar-refractivity contribution in [1.82, 2.24) is 9.80 Å². The Morgan fingerprint density at radius 3 is 2.52 bits per heavy atom. The van der Waals surface area contributed by atoms with Crippen LogP contribution in [0.3, 0.4) is 0 Å². The molecule has 2 aromatic carbocycles. The number of nitrogens with zero attached hydrogens (tertiary/aromatic N) is 2. The monoisotopic (exact) mass is 398 g/mol.